The van der Waals surface area contributed by atoms with Crippen LogP contribution in [0.5, 0.6) is 5.75 Å². The molecule has 0 radical (unpaired) electrons. The average molecular weight is 456 g/mol. The molecule has 33 heavy (non-hydrogen) atoms. The van der Waals surface area contributed by atoms with Gasteiger partial charge in [-0.25, -0.2) is 4.79 Å². The number of rotatable bonds is 9. The van der Waals surface area contributed by atoms with Crippen LogP contribution >= 0.6 is 0 Å². The number of nitrogens with two attached hydrogens (primary N) is 1. The summed E-state index contributed by atoms with van der Waals surface area (Å²) in [6.45, 7) is 0.837. The number of carbonyl (C=O) groups is 3. The highest BCUT2D eigenvalue weighted by molar-refractivity contribution is 5.97. The minimum atomic E-state index is -1.02. The van der Waals surface area contributed by atoms with Crippen molar-refractivity contribution in [1.82, 2.24) is 10.2 Å². The zero-order valence-electron chi connectivity index (χ0n) is 18.3. The topological polar surface area (TPSA) is 142 Å². The van der Waals surface area contributed by atoms with Gasteiger partial charge in [-0.1, -0.05) is 24.3 Å². The van der Waals surface area contributed by atoms with Crippen molar-refractivity contribution < 1.29 is 29.3 Å². The first-order valence-corrected chi connectivity index (χ1v) is 10.9. The van der Waals surface area contributed by atoms with Gasteiger partial charge in [-0.05, 0) is 48.2 Å². The van der Waals surface area contributed by atoms with E-state index in [1.807, 2.05) is 0 Å². The molecule has 9 nitrogen and oxygen atoms in total. The van der Waals surface area contributed by atoms with Crippen LogP contribution in [0.3, 0.4) is 0 Å². The highest BCUT2D eigenvalue weighted by Gasteiger charge is 2.30. The van der Waals surface area contributed by atoms with Gasteiger partial charge in [0.05, 0.1) is 6.10 Å². The summed E-state index contributed by atoms with van der Waals surface area (Å²) < 4.78 is 5.34. The molecule has 176 valence electrons. The summed E-state index contributed by atoms with van der Waals surface area (Å²) >= 11 is 0. The van der Waals surface area contributed by atoms with E-state index in [0.29, 0.717) is 38.0 Å². The summed E-state index contributed by atoms with van der Waals surface area (Å²) in [4.78, 5) is 38.6. The molecule has 5 N–H and O–H groups in total. The number of hydrogen-bond donors (Lipinski definition) is 4. The van der Waals surface area contributed by atoms with Crippen LogP contribution in [0, 0.1) is 0 Å². The average Bonchev–Trinajstić information content (AvgIpc) is 2.83. The van der Waals surface area contributed by atoms with Crippen LogP contribution in [-0.2, 0) is 27.3 Å². The van der Waals surface area contributed by atoms with E-state index in [-0.39, 0.29) is 36.7 Å². The molecule has 1 aliphatic rings. The summed E-state index contributed by atoms with van der Waals surface area (Å²) in [5.41, 5.74) is 7.74. The first kappa shape index (κ1) is 24.2. The van der Waals surface area contributed by atoms with Crippen molar-refractivity contribution in [2.75, 3.05) is 19.7 Å². The van der Waals surface area contributed by atoms with Crippen molar-refractivity contribution in [2.24, 2.45) is 5.73 Å². The standard InChI is InChI=1S/C24H29N3O6/c25-14-17-1-5-18(6-2-17)23(31)26-21(13-16-3-7-19(28)8-4-16)24(32)27-11-9-20(10-12-27)33-15-22(29)30/h1-8,20-21,28H,9-15,25H2,(H,26,31)(H,29,30)/t21-/m0/s1. The highest BCUT2D eigenvalue weighted by Crippen LogP contribution is 2.17. The van der Waals surface area contributed by atoms with E-state index in [0.717, 1.165) is 11.1 Å². The van der Waals surface area contributed by atoms with Crippen molar-refractivity contribution in [3.63, 3.8) is 0 Å². The molecule has 1 fully saturated rings. The van der Waals surface area contributed by atoms with E-state index in [9.17, 15) is 19.5 Å². The van der Waals surface area contributed by atoms with E-state index >= 15 is 0 Å². The summed E-state index contributed by atoms with van der Waals surface area (Å²) in [6.07, 6.45) is 1.11. The Labute approximate surface area is 192 Å². The normalized spacial score (nSPS) is 15.1. The Bertz CT molecular complexity index is 953. The molecule has 9 heteroatoms. The Morgan fingerprint density at radius 2 is 1.64 bits per heavy atom. The summed E-state index contributed by atoms with van der Waals surface area (Å²) in [5.74, 6) is -1.49. The third kappa shape index (κ3) is 7.03. The zero-order chi connectivity index (χ0) is 23.8. The van der Waals surface area contributed by atoms with Gasteiger partial charge in [0, 0.05) is 31.6 Å². The predicted molar refractivity (Wildman–Crippen MR) is 121 cm³/mol. The van der Waals surface area contributed by atoms with E-state index in [1.165, 1.54) is 12.1 Å². The van der Waals surface area contributed by atoms with Gasteiger partial charge in [-0.15, -0.1) is 0 Å². The molecule has 0 unspecified atom stereocenters. The third-order valence-corrected chi connectivity index (χ3v) is 5.63. The maximum absolute atomic E-state index is 13.3. The minimum Gasteiger partial charge on any atom is -0.508 e. The van der Waals surface area contributed by atoms with E-state index < -0.39 is 12.0 Å². The van der Waals surface area contributed by atoms with Gasteiger partial charge >= 0.3 is 5.97 Å². The lowest BCUT2D eigenvalue weighted by Gasteiger charge is -2.34. The summed E-state index contributed by atoms with van der Waals surface area (Å²) in [6, 6.07) is 12.6. The van der Waals surface area contributed by atoms with Gasteiger partial charge in [0.2, 0.25) is 5.91 Å². The summed E-state index contributed by atoms with van der Waals surface area (Å²) in [5, 5.41) is 21.2. The Hall–Kier alpha value is -3.43. The Morgan fingerprint density at radius 3 is 2.21 bits per heavy atom. The van der Waals surface area contributed by atoms with E-state index in [4.69, 9.17) is 15.6 Å². The number of phenols is 1. The quantitative estimate of drug-likeness (QED) is 0.446. The van der Waals surface area contributed by atoms with E-state index in [1.54, 1.807) is 41.3 Å². The molecule has 1 atom stereocenters. The molecular weight excluding hydrogens is 426 g/mol. The van der Waals surface area contributed by atoms with Crippen LogP contribution in [-0.4, -0.2) is 64.7 Å². The van der Waals surface area contributed by atoms with Crippen molar-refractivity contribution in [3.8, 4) is 5.75 Å². The number of likely N-dealkylation sites (tertiary alicyclic amines) is 1. The molecule has 0 saturated carbocycles. The zero-order valence-corrected chi connectivity index (χ0v) is 18.3. The fourth-order valence-electron chi connectivity index (χ4n) is 3.75. The van der Waals surface area contributed by atoms with Gasteiger partial charge in [0.1, 0.15) is 18.4 Å². The van der Waals surface area contributed by atoms with Crippen molar-refractivity contribution in [1.29, 1.82) is 0 Å². The number of carbonyl (C=O) groups excluding carboxylic acids is 2. The molecule has 2 amide bonds. The number of nitrogens with zero attached hydrogens (tertiary/aromatic N) is 1. The van der Waals surface area contributed by atoms with Gasteiger partial charge < -0.3 is 30.9 Å². The van der Waals surface area contributed by atoms with Crippen LogP contribution in [0.25, 0.3) is 0 Å². The number of hydrogen-bond acceptors (Lipinski definition) is 6. The van der Waals surface area contributed by atoms with Gasteiger partial charge in [-0.3, -0.25) is 9.59 Å². The fourth-order valence-corrected chi connectivity index (χ4v) is 3.75. The lowest BCUT2D eigenvalue weighted by atomic mass is 10.0. The highest BCUT2D eigenvalue weighted by atomic mass is 16.5. The number of carboxylic acids is 1. The second kappa shape index (κ2) is 11.4. The smallest absolute Gasteiger partial charge is 0.329 e. The molecule has 0 aromatic heterocycles. The molecule has 0 spiro atoms. The first-order chi connectivity index (χ1) is 15.9. The lowest BCUT2D eigenvalue weighted by Crippen LogP contribution is -2.52. The number of phenolic OH excluding ortho intramolecular Hbond substituents is 1. The molecular formula is C24H29N3O6. The molecule has 0 aliphatic carbocycles. The first-order valence-electron chi connectivity index (χ1n) is 10.9. The Kier molecular flexibility index (Phi) is 8.39. The molecule has 1 aliphatic heterocycles. The predicted octanol–water partition coefficient (Wildman–Crippen LogP) is 1.28. The van der Waals surface area contributed by atoms with Crippen LogP contribution in [0.15, 0.2) is 48.5 Å². The van der Waals surface area contributed by atoms with Gasteiger partial charge in [0.25, 0.3) is 5.91 Å². The number of piperidine rings is 1. The van der Waals surface area contributed by atoms with Crippen molar-refractivity contribution >= 4 is 17.8 Å². The van der Waals surface area contributed by atoms with Crippen LogP contribution in [0.4, 0.5) is 0 Å². The van der Waals surface area contributed by atoms with Crippen LogP contribution < -0.4 is 11.1 Å². The second-order valence-corrected chi connectivity index (χ2v) is 8.03. The largest absolute Gasteiger partial charge is 0.508 e. The molecule has 2 aromatic carbocycles. The third-order valence-electron chi connectivity index (χ3n) is 5.63. The van der Waals surface area contributed by atoms with Crippen molar-refractivity contribution in [3.05, 3.63) is 65.2 Å². The number of benzene rings is 2. The maximum atomic E-state index is 13.3. The monoisotopic (exact) mass is 455 g/mol. The number of carboxylic acid groups (broad SMARTS) is 1. The van der Waals surface area contributed by atoms with E-state index in [2.05, 4.69) is 5.32 Å². The van der Waals surface area contributed by atoms with Crippen LogP contribution in [0.1, 0.15) is 34.3 Å². The second-order valence-electron chi connectivity index (χ2n) is 8.03. The number of amides is 2. The molecule has 1 saturated heterocycles. The Balaban J connectivity index is 1.69. The molecule has 3 rings (SSSR count). The SMILES string of the molecule is NCc1ccc(C(=O)N[C@@H](Cc2ccc(O)cc2)C(=O)N2CCC(OCC(=O)O)CC2)cc1. The van der Waals surface area contributed by atoms with Crippen molar-refractivity contribution in [2.45, 2.75) is 38.0 Å². The number of ether oxygens (including phenoxy) is 1. The summed E-state index contributed by atoms with van der Waals surface area (Å²) in [7, 11) is 0. The maximum Gasteiger partial charge on any atom is 0.329 e. The molecule has 0 bridgehead atoms. The molecule has 1 heterocycles. The van der Waals surface area contributed by atoms with Gasteiger partial charge in [0.15, 0.2) is 0 Å². The van der Waals surface area contributed by atoms with Crippen LogP contribution in [0.2, 0.25) is 0 Å². The fraction of sp³-hybridized carbons (Fsp3) is 0.375. The number of aliphatic carboxylic acids is 1. The molecule has 2 aromatic rings. The lowest BCUT2D eigenvalue weighted by molar-refractivity contribution is -0.147. The minimum absolute atomic E-state index is 0.120. The van der Waals surface area contributed by atoms with Gasteiger partial charge in [-0.2, -0.15) is 0 Å². The number of nitrogens with one attached hydrogen (secondary N) is 1. The Morgan fingerprint density at radius 1 is 1.03 bits per heavy atom. The number of aromatic hydroxyl groups is 1.